The molecule has 0 fully saturated rings. The smallest absolute Gasteiger partial charge is 0.251 e. The van der Waals surface area contributed by atoms with Crippen molar-refractivity contribution in [2.45, 2.75) is 25.8 Å². The van der Waals surface area contributed by atoms with Gasteiger partial charge >= 0.3 is 0 Å². The molecule has 1 N–H and O–H groups in total. The summed E-state index contributed by atoms with van der Waals surface area (Å²) >= 11 is 5.20. The molecule has 1 amide bonds. The van der Waals surface area contributed by atoms with Gasteiger partial charge in [-0.05, 0) is 55.2 Å². The minimum atomic E-state index is -0.0129. The van der Waals surface area contributed by atoms with E-state index in [4.69, 9.17) is 0 Å². The highest BCUT2D eigenvalue weighted by Gasteiger charge is 2.15. The molecule has 0 saturated heterocycles. The summed E-state index contributed by atoms with van der Waals surface area (Å²) in [6.07, 6.45) is 3.69. The highest BCUT2D eigenvalue weighted by molar-refractivity contribution is 9.10. The van der Waals surface area contributed by atoms with Crippen LogP contribution in [0.15, 0.2) is 34.8 Å². The summed E-state index contributed by atoms with van der Waals surface area (Å²) in [4.78, 5) is 14.7. The van der Waals surface area contributed by atoms with Crippen LogP contribution in [0, 0.1) is 0 Å². The molecule has 0 atom stereocenters. The Labute approximate surface area is 125 Å². The zero-order valence-corrected chi connectivity index (χ0v) is 12.8. The van der Waals surface area contributed by atoms with Gasteiger partial charge in [0.2, 0.25) is 0 Å². The number of thiophene rings is 1. The molecule has 0 saturated carbocycles. The van der Waals surface area contributed by atoms with Crippen LogP contribution in [0.5, 0.6) is 0 Å². The Bertz CT molecular complexity index is 582. The van der Waals surface area contributed by atoms with Gasteiger partial charge in [0, 0.05) is 19.8 Å². The average Bonchev–Trinajstić information content (AvgIpc) is 2.97. The van der Waals surface area contributed by atoms with Gasteiger partial charge in [-0.25, -0.2) is 0 Å². The third-order valence-corrected chi connectivity index (χ3v) is 5.09. The SMILES string of the molecule is O=C(NCc1cc2c(s1)CCC2)c1ccc(Br)cc1. The lowest BCUT2D eigenvalue weighted by Crippen LogP contribution is -2.22. The largest absolute Gasteiger partial charge is 0.347 e. The summed E-state index contributed by atoms with van der Waals surface area (Å²) in [5.41, 5.74) is 2.19. The Morgan fingerprint density at radius 3 is 2.79 bits per heavy atom. The maximum Gasteiger partial charge on any atom is 0.251 e. The molecule has 0 spiro atoms. The number of rotatable bonds is 3. The number of hydrogen-bond donors (Lipinski definition) is 1. The van der Waals surface area contributed by atoms with E-state index in [1.807, 2.05) is 35.6 Å². The van der Waals surface area contributed by atoms with Crippen LogP contribution in [0.1, 0.15) is 32.1 Å². The molecular formula is C15H14BrNOS. The van der Waals surface area contributed by atoms with E-state index < -0.39 is 0 Å². The van der Waals surface area contributed by atoms with Gasteiger partial charge in [-0.1, -0.05) is 15.9 Å². The molecule has 98 valence electrons. The van der Waals surface area contributed by atoms with Crippen LogP contribution in [0.3, 0.4) is 0 Å². The molecule has 1 aliphatic rings. The molecule has 0 bridgehead atoms. The first-order valence-electron chi connectivity index (χ1n) is 6.36. The van der Waals surface area contributed by atoms with Crippen molar-refractivity contribution < 1.29 is 4.79 Å². The van der Waals surface area contributed by atoms with E-state index in [-0.39, 0.29) is 5.91 Å². The van der Waals surface area contributed by atoms with E-state index >= 15 is 0 Å². The lowest BCUT2D eigenvalue weighted by Gasteiger charge is -2.03. The molecule has 3 rings (SSSR count). The van der Waals surface area contributed by atoms with Gasteiger partial charge in [0.15, 0.2) is 0 Å². The van der Waals surface area contributed by atoms with Crippen LogP contribution in [0.4, 0.5) is 0 Å². The van der Waals surface area contributed by atoms with Crippen molar-refractivity contribution in [3.05, 3.63) is 55.7 Å². The van der Waals surface area contributed by atoms with Crippen molar-refractivity contribution in [3.63, 3.8) is 0 Å². The topological polar surface area (TPSA) is 29.1 Å². The average molecular weight is 336 g/mol. The Morgan fingerprint density at radius 2 is 2.05 bits per heavy atom. The van der Waals surface area contributed by atoms with Crippen molar-refractivity contribution in [2.24, 2.45) is 0 Å². The molecule has 19 heavy (non-hydrogen) atoms. The van der Waals surface area contributed by atoms with E-state index in [1.165, 1.54) is 34.6 Å². The van der Waals surface area contributed by atoms with Crippen molar-refractivity contribution in [2.75, 3.05) is 0 Å². The minimum Gasteiger partial charge on any atom is -0.347 e. The van der Waals surface area contributed by atoms with Crippen molar-refractivity contribution >= 4 is 33.2 Å². The third-order valence-electron chi connectivity index (χ3n) is 3.33. The molecule has 4 heteroatoms. The van der Waals surface area contributed by atoms with Gasteiger partial charge in [0.25, 0.3) is 5.91 Å². The number of aryl methyl sites for hydroxylation is 2. The third kappa shape index (κ3) is 2.90. The molecule has 1 aliphatic carbocycles. The van der Waals surface area contributed by atoms with E-state index in [9.17, 15) is 4.79 Å². The summed E-state index contributed by atoms with van der Waals surface area (Å²) in [6.45, 7) is 0.632. The minimum absolute atomic E-state index is 0.0129. The number of nitrogens with one attached hydrogen (secondary N) is 1. The first-order valence-corrected chi connectivity index (χ1v) is 7.97. The highest BCUT2D eigenvalue weighted by atomic mass is 79.9. The zero-order chi connectivity index (χ0) is 13.2. The predicted octanol–water partition coefficient (Wildman–Crippen LogP) is 3.93. The van der Waals surface area contributed by atoms with Crippen LogP contribution >= 0.6 is 27.3 Å². The van der Waals surface area contributed by atoms with Gasteiger partial charge in [0.05, 0.1) is 6.54 Å². The molecule has 2 aromatic rings. The second kappa shape index (κ2) is 5.47. The summed E-state index contributed by atoms with van der Waals surface area (Å²) in [5, 5.41) is 2.98. The maximum absolute atomic E-state index is 12.0. The lowest BCUT2D eigenvalue weighted by atomic mass is 10.2. The van der Waals surface area contributed by atoms with Gasteiger partial charge < -0.3 is 5.32 Å². The zero-order valence-electron chi connectivity index (χ0n) is 10.4. The number of fused-ring (bicyclic) bond motifs is 1. The Hall–Kier alpha value is -1.13. The Balaban J connectivity index is 1.62. The molecular weight excluding hydrogens is 322 g/mol. The number of halogens is 1. The predicted molar refractivity (Wildman–Crippen MR) is 81.7 cm³/mol. The summed E-state index contributed by atoms with van der Waals surface area (Å²) in [7, 11) is 0. The summed E-state index contributed by atoms with van der Waals surface area (Å²) < 4.78 is 0.985. The van der Waals surface area contributed by atoms with E-state index in [1.54, 1.807) is 0 Å². The standard InChI is InChI=1S/C15H14BrNOS/c16-12-6-4-10(5-7-12)15(18)17-9-13-8-11-2-1-3-14(11)19-13/h4-8H,1-3,9H2,(H,17,18). The summed E-state index contributed by atoms with van der Waals surface area (Å²) in [5.74, 6) is -0.0129. The van der Waals surface area contributed by atoms with E-state index in [0.29, 0.717) is 12.1 Å². The van der Waals surface area contributed by atoms with Gasteiger partial charge in [-0.2, -0.15) is 0 Å². The van der Waals surface area contributed by atoms with Gasteiger partial charge in [-0.15, -0.1) is 11.3 Å². The molecule has 2 nitrogen and oxygen atoms in total. The van der Waals surface area contributed by atoms with E-state index in [0.717, 1.165) is 4.47 Å². The Kier molecular flexibility index (Phi) is 3.71. The highest BCUT2D eigenvalue weighted by Crippen LogP contribution is 2.30. The number of amides is 1. The second-order valence-electron chi connectivity index (χ2n) is 4.70. The van der Waals surface area contributed by atoms with Crippen LogP contribution in [-0.2, 0) is 19.4 Å². The fraction of sp³-hybridized carbons (Fsp3) is 0.267. The first-order chi connectivity index (χ1) is 9.22. The van der Waals surface area contributed by atoms with Gasteiger partial charge in [0.1, 0.15) is 0 Å². The van der Waals surface area contributed by atoms with Crippen molar-refractivity contribution in [1.29, 1.82) is 0 Å². The number of hydrogen-bond acceptors (Lipinski definition) is 2. The number of carbonyl (C=O) groups excluding carboxylic acids is 1. The first kappa shape index (κ1) is 12.9. The molecule has 0 unspecified atom stereocenters. The number of benzene rings is 1. The normalized spacial score (nSPS) is 13.3. The Morgan fingerprint density at radius 1 is 1.26 bits per heavy atom. The van der Waals surface area contributed by atoms with E-state index in [2.05, 4.69) is 27.3 Å². The molecule has 0 aliphatic heterocycles. The molecule has 1 aromatic heterocycles. The van der Waals surface area contributed by atoms with Crippen molar-refractivity contribution in [3.8, 4) is 0 Å². The fourth-order valence-electron chi connectivity index (χ4n) is 2.35. The van der Waals surface area contributed by atoms with Crippen molar-refractivity contribution in [1.82, 2.24) is 5.32 Å². The lowest BCUT2D eigenvalue weighted by molar-refractivity contribution is 0.0951. The summed E-state index contributed by atoms with van der Waals surface area (Å²) in [6, 6.07) is 9.67. The molecule has 1 heterocycles. The fourth-order valence-corrected chi connectivity index (χ4v) is 3.81. The maximum atomic E-state index is 12.0. The van der Waals surface area contributed by atoms with Gasteiger partial charge in [-0.3, -0.25) is 4.79 Å². The monoisotopic (exact) mass is 335 g/mol. The number of carbonyl (C=O) groups is 1. The quantitative estimate of drug-likeness (QED) is 0.904. The molecule has 0 radical (unpaired) electrons. The second-order valence-corrected chi connectivity index (χ2v) is 6.84. The van der Waals surface area contributed by atoms with Crippen LogP contribution in [0.2, 0.25) is 0 Å². The van der Waals surface area contributed by atoms with Crippen LogP contribution < -0.4 is 5.32 Å². The van der Waals surface area contributed by atoms with Crippen LogP contribution in [0.25, 0.3) is 0 Å². The van der Waals surface area contributed by atoms with Crippen LogP contribution in [-0.4, -0.2) is 5.91 Å². The molecule has 1 aromatic carbocycles.